The van der Waals surface area contributed by atoms with Gasteiger partial charge >= 0.3 is 0 Å². The Kier molecular flexibility index (Phi) is 2.24. The third-order valence-corrected chi connectivity index (χ3v) is 4.21. The van der Waals surface area contributed by atoms with Gasteiger partial charge < -0.3 is 10.2 Å². The van der Waals surface area contributed by atoms with Crippen LogP contribution in [0.1, 0.15) is 27.2 Å². The summed E-state index contributed by atoms with van der Waals surface area (Å²) in [4.78, 5) is 23.9. The molecule has 4 nitrogen and oxygen atoms in total. The Labute approximate surface area is 90.0 Å². The first-order valence-corrected chi connectivity index (χ1v) is 5.50. The van der Waals surface area contributed by atoms with Crippen LogP contribution in [0.4, 0.5) is 0 Å². The minimum atomic E-state index is 0.0488. The average molecular weight is 210 g/mol. The molecule has 1 saturated heterocycles. The number of amides is 2. The predicted molar refractivity (Wildman–Crippen MR) is 56.1 cm³/mol. The van der Waals surface area contributed by atoms with Crippen LogP contribution in [0.3, 0.4) is 0 Å². The number of likely N-dealkylation sites (tertiary alicyclic amines) is 1. The summed E-state index contributed by atoms with van der Waals surface area (Å²) in [7, 11) is 0. The fourth-order valence-corrected chi connectivity index (χ4v) is 3.26. The largest absolute Gasteiger partial charge is 0.350 e. The molecule has 1 aliphatic heterocycles. The number of piperidine rings is 1. The quantitative estimate of drug-likeness (QED) is 0.684. The molecular weight excluding hydrogens is 192 g/mol. The van der Waals surface area contributed by atoms with E-state index in [0.29, 0.717) is 29.8 Å². The van der Waals surface area contributed by atoms with Crippen LogP contribution < -0.4 is 5.32 Å². The Morgan fingerprint density at radius 2 is 2.27 bits per heavy atom. The summed E-state index contributed by atoms with van der Waals surface area (Å²) in [5.74, 6) is 0.654. The van der Waals surface area contributed by atoms with Crippen molar-refractivity contribution in [2.75, 3.05) is 6.54 Å². The molecule has 1 saturated carbocycles. The van der Waals surface area contributed by atoms with E-state index in [9.17, 15) is 9.59 Å². The number of carbonyl (C=O) groups excluding carboxylic acids is 2. The number of carbonyl (C=O) groups is 2. The van der Waals surface area contributed by atoms with E-state index in [1.54, 1.807) is 0 Å². The van der Waals surface area contributed by atoms with E-state index in [0.717, 1.165) is 6.42 Å². The van der Waals surface area contributed by atoms with Gasteiger partial charge in [0.1, 0.15) is 0 Å². The zero-order valence-electron chi connectivity index (χ0n) is 9.49. The molecule has 0 spiro atoms. The third-order valence-electron chi connectivity index (χ3n) is 4.21. The highest BCUT2D eigenvalue weighted by Crippen LogP contribution is 2.63. The molecule has 4 heteroatoms. The van der Waals surface area contributed by atoms with E-state index < -0.39 is 0 Å². The van der Waals surface area contributed by atoms with Crippen molar-refractivity contribution >= 4 is 12.3 Å². The summed E-state index contributed by atoms with van der Waals surface area (Å²) in [5.41, 5.74) is 0.330. The van der Waals surface area contributed by atoms with Crippen LogP contribution in [-0.4, -0.2) is 35.8 Å². The molecular formula is C11H18N2O2. The minimum Gasteiger partial charge on any atom is -0.350 e. The van der Waals surface area contributed by atoms with Crippen molar-refractivity contribution in [1.29, 1.82) is 0 Å². The summed E-state index contributed by atoms with van der Waals surface area (Å²) in [6.45, 7) is 6.67. The van der Waals surface area contributed by atoms with Crippen LogP contribution in [0.5, 0.6) is 0 Å². The summed E-state index contributed by atoms with van der Waals surface area (Å²) < 4.78 is 0. The van der Waals surface area contributed by atoms with Gasteiger partial charge in [0, 0.05) is 12.1 Å². The number of rotatable bonds is 3. The first-order chi connectivity index (χ1) is 7.02. The molecule has 0 radical (unpaired) electrons. The lowest BCUT2D eigenvalue weighted by Gasteiger charge is -2.25. The van der Waals surface area contributed by atoms with Crippen LogP contribution in [0.15, 0.2) is 0 Å². The van der Waals surface area contributed by atoms with Gasteiger partial charge in [-0.2, -0.15) is 0 Å². The van der Waals surface area contributed by atoms with Crippen LogP contribution >= 0.6 is 0 Å². The van der Waals surface area contributed by atoms with E-state index in [-0.39, 0.29) is 12.5 Å². The third kappa shape index (κ3) is 1.34. The normalized spacial score (nSPS) is 42.3. The molecule has 0 bridgehead atoms. The highest BCUT2D eigenvalue weighted by molar-refractivity contribution is 5.81. The molecule has 2 amide bonds. The molecule has 3 unspecified atom stereocenters. The van der Waals surface area contributed by atoms with Crippen LogP contribution in [0.2, 0.25) is 0 Å². The monoisotopic (exact) mass is 210 g/mol. The Bertz CT molecular complexity index is 305. The van der Waals surface area contributed by atoms with Gasteiger partial charge in [0.05, 0.1) is 6.54 Å². The lowest BCUT2D eigenvalue weighted by atomic mass is 10.00. The highest BCUT2D eigenvalue weighted by atomic mass is 16.2. The average Bonchev–Trinajstić information content (AvgIpc) is 2.57. The van der Waals surface area contributed by atoms with Crippen molar-refractivity contribution in [3.8, 4) is 0 Å². The molecule has 1 N–H and O–H groups in total. The van der Waals surface area contributed by atoms with Crippen molar-refractivity contribution in [1.82, 2.24) is 10.2 Å². The van der Waals surface area contributed by atoms with Gasteiger partial charge in [-0.3, -0.25) is 9.59 Å². The van der Waals surface area contributed by atoms with Crippen molar-refractivity contribution in [3.63, 3.8) is 0 Å². The molecule has 2 aliphatic rings. The molecule has 1 aliphatic carbocycles. The molecule has 0 aromatic heterocycles. The molecule has 84 valence electrons. The molecule has 0 aromatic rings. The van der Waals surface area contributed by atoms with E-state index in [4.69, 9.17) is 0 Å². The number of fused-ring (bicyclic) bond motifs is 1. The first-order valence-electron chi connectivity index (χ1n) is 5.50. The van der Waals surface area contributed by atoms with Crippen molar-refractivity contribution in [2.24, 2.45) is 11.3 Å². The van der Waals surface area contributed by atoms with E-state index in [2.05, 4.69) is 26.1 Å². The maximum absolute atomic E-state index is 11.8. The van der Waals surface area contributed by atoms with Gasteiger partial charge in [-0.25, -0.2) is 0 Å². The SMILES string of the molecule is CC1C[C@]2(C)C(C)C2N1C(=O)CNC=O. The lowest BCUT2D eigenvalue weighted by Crippen LogP contribution is -2.42. The van der Waals surface area contributed by atoms with Crippen LogP contribution in [0, 0.1) is 11.3 Å². The molecule has 4 atom stereocenters. The van der Waals surface area contributed by atoms with Gasteiger partial charge in [0.2, 0.25) is 12.3 Å². The van der Waals surface area contributed by atoms with Gasteiger partial charge in [0.15, 0.2) is 0 Å². The summed E-state index contributed by atoms with van der Waals surface area (Å²) in [6.07, 6.45) is 1.67. The van der Waals surface area contributed by atoms with Gasteiger partial charge in [-0.15, -0.1) is 0 Å². The Morgan fingerprint density at radius 1 is 1.60 bits per heavy atom. The van der Waals surface area contributed by atoms with Crippen molar-refractivity contribution in [3.05, 3.63) is 0 Å². The Balaban J connectivity index is 2.03. The maximum Gasteiger partial charge on any atom is 0.242 e. The smallest absolute Gasteiger partial charge is 0.242 e. The van der Waals surface area contributed by atoms with Crippen LogP contribution in [-0.2, 0) is 9.59 Å². The second kappa shape index (κ2) is 3.22. The summed E-state index contributed by atoms with van der Waals surface area (Å²) >= 11 is 0. The number of hydrogen-bond acceptors (Lipinski definition) is 2. The van der Waals surface area contributed by atoms with Crippen LogP contribution in [0.25, 0.3) is 0 Å². The van der Waals surface area contributed by atoms with Crippen molar-refractivity contribution in [2.45, 2.75) is 39.3 Å². The molecule has 2 rings (SSSR count). The zero-order valence-corrected chi connectivity index (χ0v) is 9.49. The molecule has 2 fully saturated rings. The number of nitrogens with zero attached hydrogens (tertiary/aromatic N) is 1. The number of hydrogen-bond donors (Lipinski definition) is 1. The van der Waals surface area contributed by atoms with E-state index in [1.165, 1.54) is 0 Å². The zero-order chi connectivity index (χ0) is 11.2. The Morgan fingerprint density at radius 3 is 2.80 bits per heavy atom. The fraction of sp³-hybridized carbons (Fsp3) is 0.818. The van der Waals surface area contributed by atoms with Crippen molar-refractivity contribution < 1.29 is 9.59 Å². The van der Waals surface area contributed by atoms with Gasteiger partial charge in [-0.1, -0.05) is 13.8 Å². The second-order valence-corrected chi connectivity index (χ2v) is 5.09. The lowest BCUT2D eigenvalue weighted by molar-refractivity contribution is -0.133. The summed E-state index contributed by atoms with van der Waals surface area (Å²) in [5, 5.41) is 2.44. The van der Waals surface area contributed by atoms with E-state index in [1.807, 2.05) is 4.90 Å². The second-order valence-electron chi connectivity index (χ2n) is 5.09. The summed E-state index contributed by atoms with van der Waals surface area (Å²) in [6, 6.07) is 0.714. The number of nitrogens with one attached hydrogen (secondary N) is 1. The molecule has 15 heavy (non-hydrogen) atoms. The minimum absolute atomic E-state index is 0.0488. The first kappa shape index (κ1) is 10.5. The standard InChI is InChI=1S/C11H18N2O2/c1-7-4-11(3)8(2)10(11)13(7)9(15)5-12-6-14/h6-8,10H,4-5H2,1-3H3,(H,12,14)/t7?,8?,10?,11-/m1/s1. The topological polar surface area (TPSA) is 49.4 Å². The molecule has 0 aromatic carbocycles. The maximum atomic E-state index is 11.8. The molecule has 1 heterocycles. The fourth-order valence-electron chi connectivity index (χ4n) is 3.26. The van der Waals surface area contributed by atoms with E-state index >= 15 is 0 Å². The van der Waals surface area contributed by atoms with Gasteiger partial charge in [-0.05, 0) is 24.7 Å². The predicted octanol–water partition coefficient (Wildman–Crippen LogP) is 0.378. The highest BCUT2D eigenvalue weighted by Gasteiger charge is 2.67. The van der Waals surface area contributed by atoms with Gasteiger partial charge in [0.25, 0.3) is 0 Å². The Hall–Kier alpha value is -1.06.